The van der Waals surface area contributed by atoms with E-state index in [-0.39, 0.29) is 0 Å². The van der Waals surface area contributed by atoms with Crippen molar-refractivity contribution < 1.29 is 10.2 Å². The fourth-order valence-electron chi connectivity index (χ4n) is 2.16. The van der Waals surface area contributed by atoms with Crippen molar-refractivity contribution >= 4 is 17.3 Å². The summed E-state index contributed by atoms with van der Waals surface area (Å²) < 4.78 is 0. The van der Waals surface area contributed by atoms with Crippen molar-refractivity contribution in [3.05, 3.63) is 28.8 Å². The molecule has 0 spiro atoms. The average Bonchev–Trinajstić information content (AvgIpc) is 2.60. The molecule has 3 N–H and O–H groups in total. The molecule has 1 aromatic rings. The predicted octanol–water partition coefficient (Wildman–Crippen LogP) is 0.601. The molecule has 0 aliphatic carbocycles. The molecule has 94 valence electrons. The predicted molar refractivity (Wildman–Crippen MR) is 68.4 cm³/mol. The number of aliphatic hydroxyl groups is 2. The number of nitrogens with zero attached hydrogens (tertiary/aromatic N) is 1. The molecule has 1 aromatic carbocycles. The van der Waals surface area contributed by atoms with Gasteiger partial charge < -0.3 is 20.4 Å². The lowest BCUT2D eigenvalue weighted by molar-refractivity contribution is 0.0572. The van der Waals surface area contributed by atoms with Gasteiger partial charge in [-0.3, -0.25) is 0 Å². The fourth-order valence-corrected chi connectivity index (χ4v) is 2.36. The molecular weight excluding hydrogens is 240 g/mol. The standard InChI is InChI=1S/C12H17ClN2O2/c1-14-5-8-4-9(13)2-3-10(8)15-6-11(16)12(17)7-15/h2-4,11-12,14,16-17H,5-7H2,1H3. The largest absolute Gasteiger partial charge is 0.389 e. The Hall–Kier alpha value is -0.810. The first-order valence-corrected chi connectivity index (χ1v) is 6.03. The monoisotopic (exact) mass is 256 g/mol. The van der Waals surface area contributed by atoms with Crippen LogP contribution in [0.2, 0.25) is 5.02 Å². The molecule has 0 radical (unpaired) electrons. The van der Waals surface area contributed by atoms with Crippen LogP contribution in [0.3, 0.4) is 0 Å². The van der Waals surface area contributed by atoms with Crippen LogP contribution in [-0.4, -0.2) is 42.6 Å². The van der Waals surface area contributed by atoms with Crippen molar-refractivity contribution in [2.45, 2.75) is 18.8 Å². The number of anilines is 1. The summed E-state index contributed by atoms with van der Waals surface area (Å²) in [6.45, 7) is 1.62. The second kappa shape index (κ2) is 5.23. The maximum Gasteiger partial charge on any atom is 0.0990 e. The van der Waals surface area contributed by atoms with Crippen LogP contribution in [0, 0.1) is 0 Å². The van der Waals surface area contributed by atoms with Gasteiger partial charge in [0.15, 0.2) is 0 Å². The van der Waals surface area contributed by atoms with Gasteiger partial charge in [-0.2, -0.15) is 0 Å². The zero-order chi connectivity index (χ0) is 12.4. The molecule has 0 saturated carbocycles. The Bertz CT molecular complexity index is 390. The molecule has 17 heavy (non-hydrogen) atoms. The maximum atomic E-state index is 9.57. The number of benzene rings is 1. The van der Waals surface area contributed by atoms with Crippen LogP contribution in [-0.2, 0) is 6.54 Å². The van der Waals surface area contributed by atoms with Gasteiger partial charge >= 0.3 is 0 Å². The number of hydrogen-bond acceptors (Lipinski definition) is 4. The highest BCUT2D eigenvalue weighted by atomic mass is 35.5. The van der Waals surface area contributed by atoms with E-state index in [1.54, 1.807) is 0 Å². The topological polar surface area (TPSA) is 55.7 Å². The third kappa shape index (κ3) is 2.72. The third-order valence-electron chi connectivity index (χ3n) is 3.01. The van der Waals surface area contributed by atoms with Crippen molar-refractivity contribution in [1.82, 2.24) is 5.32 Å². The zero-order valence-electron chi connectivity index (χ0n) is 9.73. The van der Waals surface area contributed by atoms with Crippen LogP contribution in [0.5, 0.6) is 0 Å². The summed E-state index contributed by atoms with van der Waals surface area (Å²) in [5.74, 6) is 0. The lowest BCUT2D eigenvalue weighted by Gasteiger charge is -2.21. The third-order valence-corrected chi connectivity index (χ3v) is 3.24. The lowest BCUT2D eigenvalue weighted by atomic mass is 10.1. The SMILES string of the molecule is CNCc1cc(Cl)ccc1N1CC(O)C(O)C1. The Morgan fingerprint density at radius 2 is 2.00 bits per heavy atom. The molecule has 4 nitrogen and oxygen atoms in total. The Morgan fingerprint density at radius 1 is 1.35 bits per heavy atom. The van der Waals surface area contributed by atoms with E-state index in [0.29, 0.717) is 24.7 Å². The molecule has 1 saturated heterocycles. The number of nitrogens with one attached hydrogen (secondary N) is 1. The number of β-amino-alcohol motifs (C(OH)–C–C–N with tert-alkyl or cyclic N) is 2. The summed E-state index contributed by atoms with van der Waals surface area (Å²) in [4.78, 5) is 1.98. The molecule has 2 rings (SSSR count). The smallest absolute Gasteiger partial charge is 0.0990 e. The Kier molecular flexibility index (Phi) is 3.89. The van der Waals surface area contributed by atoms with Gasteiger partial charge in [0.1, 0.15) is 0 Å². The second-order valence-electron chi connectivity index (χ2n) is 4.34. The minimum absolute atomic E-state index is 0.458. The van der Waals surface area contributed by atoms with E-state index in [1.807, 2.05) is 30.1 Å². The van der Waals surface area contributed by atoms with Gasteiger partial charge in [-0.05, 0) is 30.8 Å². The van der Waals surface area contributed by atoms with Gasteiger partial charge in [0.25, 0.3) is 0 Å². The van der Waals surface area contributed by atoms with Gasteiger partial charge in [-0.15, -0.1) is 0 Å². The summed E-state index contributed by atoms with van der Waals surface area (Å²) >= 11 is 5.97. The Morgan fingerprint density at radius 3 is 2.59 bits per heavy atom. The molecule has 2 atom stereocenters. The van der Waals surface area contributed by atoms with Crippen molar-refractivity contribution in [3.63, 3.8) is 0 Å². The molecule has 1 aliphatic rings. The second-order valence-corrected chi connectivity index (χ2v) is 4.78. The van der Waals surface area contributed by atoms with Crippen molar-refractivity contribution in [3.8, 4) is 0 Å². The van der Waals surface area contributed by atoms with E-state index in [4.69, 9.17) is 11.6 Å². The normalized spacial score (nSPS) is 24.4. The summed E-state index contributed by atoms with van der Waals surface area (Å²) in [6.07, 6.45) is -1.35. The fraction of sp³-hybridized carbons (Fsp3) is 0.500. The number of halogens is 1. The quantitative estimate of drug-likeness (QED) is 0.742. The van der Waals surface area contributed by atoms with E-state index < -0.39 is 12.2 Å². The Labute approximate surface area is 106 Å². The minimum Gasteiger partial charge on any atom is -0.389 e. The van der Waals surface area contributed by atoms with E-state index in [1.165, 1.54) is 0 Å². The number of aliphatic hydroxyl groups excluding tert-OH is 2. The maximum absolute atomic E-state index is 9.57. The van der Waals surface area contributed by atoms with Gasteiger partial charge in [-0.25, -0.2) is 0 Å². The van der Waals surface area contributed by atoms with E-state index in [9.17, 15) is 10.2 Å². The first-order chi connectivity index (χ1) is 8.11. The molecule has 0 amide bonds. The van der Waals surface area contributed by atoms with Crippen molar-refractivity contribution in [1.29, 1.82) is 0 Å². The van der Waals surface area contributed by atoms with E-state index in [2.05, 4.69) is 5.32 Å². The highest BCUT2D eigenvalue weighted by Gasteiger charge is 2.30. The highest BCUT2D eigenvalue weighted by molar-refractivity contribution is 6.30. The zero-order valence-corrected chi connectivity index (χ0v) is 10.5. The van der Waals surface area contributed by atoms with Crippen LogP contribution in [0.15, 0.2) is 18.2 Å². The molecule has 1 aliphatic heterocycles. The summed E-state index contributed by atoms with van der Waals surface area (Å²) in [5.41, 5.74) is 2.08. The molecule has 5 heteroatoms. The number of hydrogen-bond donors (Lipinski definition) is 3. The molecule has 0 bridgehead atoms. The summed E-state index contributed by atoms with van der Waals surface area (Å²) in [5, 5.41) is 22.9. The van der Waals surface area contributed by atoms with Crippen molar-refractivity contribution in [2.75, 3.05) is 25.0 Å². The Balaban J connectivity index is 2.25. The molecule has 2 unspecified atom stereocenters. The molecular formula is C12H17ClN2O2. The molecule has 1 heterocycles. The first-order valence-electron chi connectivity index (χ1n) is 5.66. The van der Waals surface area contributed by atoms with Crippen LogP contribution in [0.1, 0.15) is 5.56 Å². The molecule has 0 aromatic heterocycles. The molecule has 1 fully saturated rings. The van der Waals surface area contributed by atoms with Gasteiger partial charge in [0.05, 0.1) is 12.2 Å². The summed E-state index contributed by atoms with van der Waals surface area (Å²) in [7, 11) is 1.87. The van der Waals surface area contributed by atoms with Crippen molar-refractivity contribution in [2.24, 2.45) is 0 Å². The van der Waals surface area contributed by atoms with Gasteiger partial charge in [0.2, 0.25) is 0 Å². The summed E-state index contributed by atoms with van der Waals surface area (Å²) in [6, 6.07) is 5.66. The van der Waals surface area contributed by atoms with E-state index in [0.717, 1.165) is 11.3 Å². The number of rotatable bonds is 3. The minimum atomic E-state index is -0.673. The van der Waals surface area contributed by atoms with Gasteiger partial charge in [-0.1, -0.05) is 11.6 Å². The van der Waals surface area contributed by atoms with E-state index >= 15 is 0 Å². The van der Waals surface area contributed by atoms with Crippen LogP contribution < -0.4 is 10.2 Å². The average molecular weight is 257 g/mol. The van der Waals surface area contributed by atoms with Crippen LogP contribution in [0.4, 0.5) is 5.69 Å². The van der Waals surface area contributed by atoms with Gasteiger partial charge in [0, 0.05) is 30.3 Å². The lowest BCUT2D eigenvalue weighted by Crippen LogP contribution is -2.23. The van der Waals surface area contributed by atoms with Crippen LogP contribution in [0.25, 0.3) is 0 Å². The first kappa shape index (κ1) is 12.6. The van der Waals surface area contributed by atoms with Crippen LogP contribution >= 0.6 is 11.6 Å². The highest BCUT2D eigenvalue weighted by Crippen LogP contribution is 2.27.